The number of rotatable bonds is 4. The average molecular weight is 493 g/mol. The van der Waals surface area contributed by atoms with E-state index in [-0.39, 0.29) is 5.04 Å². The third-order valence-electron chi connectivity index (χ3n) is 11.2. The van der Waals surface area contributed by atoms with Gasteiger partial charge in [-0.25, -0.2) is 0 Å². The minimum atomic E-state index is -1.72. The van der Waals surface area contributed by atoms with Gasteiger partial charge in [-0.2, -0.15) is 0 Å². The molecule has 0 radical (unpaired) electrons. The van der Waals surface area contributed by atoms with Gasteiger partial charge < -0.3 is 4.43 Å². The van der Waals surface area contributed by atoms with E-state index in [0.717, 1.165) is 30.0 Å². The van der Waals surface area contributed by atoms with Crippen LogP contribution in [-0.2, 0) is 11.0 Å². The number of nitrogens with zero attached hydrogens (tertiary/aromatic N) is 2. The summed E-state index contributed by atoms with van der Waals surface area (Å²) in [5.74, 6) is 2.45. The highest BCUT2D eigenvalue weighted by Gasteiger charge is 2.58. The lowest BCUT2D eigenvalue weighted by atomic mass is 9.48. The molecule has 4 heteroatoms. The van der Waals surface area contributed by atoms with Gasteiger partial charge in [-0.3, -0.25) is 9.98 Å². The predicted molar refractivity (Wildman–Crippen MR) is 149 cm³/mol. The highest BCUT2D eigenvalue weighted by molar-refractivity contribution is 6.74. The molecule has 1 aromatic rings. The molecule has 3 saturated carbocycles. The maximum Gasteiger partial charge on any atom is 0.192 e. The number of hydrogen-bond acceptors (Lipinski definition) is 3. The third-order valence-corrected chi connectivity index (χ3v) is 15.8. The van der Waals surface area contributed by atoms with Crippen LogP contribution < -0.4 is 0 Å². The lowest BCUT2D eigenvalue weighted by Crippen LogP contribution is -2.52. The lowest BCUT2D eigenvalue weighted by Gasteiger charge is -2.57. The van der Waals surface area contributed by atoms with E-state index in [1.54, 1.807) is 5.57 Å². The van der Waals surface area contributed by atoms with Gasteiger partial charge in [0.1, 0.15) is 0 Å². The van der Waals surface area contributed by atoms with Crippen molar-refractivity contribution in [2.45, 2.75) is 117 Å². The van der Waals surface area contributed by atoms with Crippen molar-refractivity contribution in [2.75, 3.05) is 0 Å². The first-order valence-corrected chi connectivity index (χ1v) is 17.2. The molecule has 3 nitrogen and oxygen atoms in total. The van der Waals surface area contributed by atoms with Gasteiger partial charge in [-0.15, -0.1) is 0 Å². The number of pyridine rings is 1. The lowest BCUT2D eigenvalue weighted by molar-refractivity contribution is -0.0194. The summed E-state index contributed by atoms with van der Waals surface area (Å²) in [5.41, 5.74) is 4.98. The highest BCUT2D eigenvalue weighted by atomic mass is 28.4. The Morgan fingerprint density at radius 3 is 2.51 bits per heavy atom. The van der Waals surface area contributed by atoms with Gasteiger partial charge in [-0.1, -0.05) is 52.3 Å². The second-order valence-corrected chi connectivity index (χ2v) is 18.8. The van der Waals surface area contributed by atoms with Gasteiger partial charge in [-0.05, 0) is 105 Å². The second kappa shape index (κ2) is 8.94. The Morgan fingerprint density at radius 2 is 1.80 bits per heavy atom. The zero-order valence-corrected chi connectivity index (χ0v) is 24.4. The van der Waals surface area contributed by atoms with E-state index in [1.807, 2.05) is 12.3 Å². The molecular formula is C31H48N2OSi. The normalized spacial score (nSPS) is 38.5. The molecule has 192 valence electrons. The van der Waals surface area contributed by atoms with E-state index in [1.165, 1.54) is 57.1 Å². The zero-order valence-electron chi connectivity index (χ0n) is 23.4. The Kier molecular flexibility index (Phi) is 6.48. The predicted octanol–water partition coefficient (Wildman–Crippen LogP) is 8.38. The van der Waals surface area contributed by atoms with Gasteiger partial charge in [0.25, 0.3) is 0 Å². The van der Waals surface area contributed by atoms with E-state index in [0.29, 0.717) is 16.9 Å². The van der Waals surface area contributed by atoms with Crippen molar-refractivity contribution in [3.63, 3.8) is 0 Å². The Morgan fingerprint density at radius 1 is 1.06 bits per heavy atom. The van der Waals surface area contributed by atoms with E-state index in [4.69, 9.17) is 9.42 Å². The van der Waals surface area contributed by atoms with Crippen LogP contribution in [0.3, 0.4) is 0 Å². The van der Waals surface area contributed by atoms with Crippen LogP contribution in [0.5, 0.6) is 0 Å². The molecule has 0 unspecified atom stereocenters. The summed E-state index contributed by atoms with van der Waals surface area (Å²) >= 11 is 0. The number of hydrogen-bond donors (Lipinski definition) is 0. The molecule has 1 aromatic heterocycles. The SMILES string of the molecule is CC(C)(C)[Si](C)(C)O[C@H]1CC[C@@]2(C)C(=CC[C@@H]3[C@@H]2CC[C@]2(C)C(=NCc4ccccn4)CC[C@@H]32)C1. The van der Waals surface area contributed by atoms with Crippen molar-refractivity contribution in [1.82, 2.24) is 4.98 Å². The molecule has 5 rings (SSSR count). The molecule has 0 aliphatic heterocycles. The fourth-order valence-corrected chi connectivity index (χ4v) is 9.43. The van der Waals surface area contributed by atoms with Crippen LogP contribution in [0.25, 0.3) is 0 Å². The summed E-state index contributed by atoms with van der Waals surface area (Å²) in [6.07, 6.45) is 15.2. The largest absolute Gasteiger partial charge is 0.414 e. The fraction of sp³-hybridized carbons (Fsp3) is 0.742. The Bertz CT molecular complexity index is 993. The molecule has 0 saturated heterocycles. The smallest absolute Gasteiger partial charge is 0.192 e. The summed E-state index contributed by atoms with van der Waals surface area (Å²) < 4.78 is 6.91. The van der Waals surface area contributed by atoms with Crippen molar-refractivity contribution in [2.24, 2.45) is 33.6 Å². The third kappa shape index (κ3) is 4.41. The first-order chi connectivity index (χ1) is 16.4. The molecular weight excluding hydrogens is 444 g/mol. The number of fused-ring (bicyclic) bond motifs is 5. The van der Waals surface area contributed by atoms with Gasteiger partial charge in [0.05, 0.1) is 12.2 Å². The van der Waals surface area contributed by atoms with Crippen molar-refractivity contribution in [3.05, 3.63) is 41.7 Å². The minimum absolute atomic E-state index is 0.284. The van der Waals surface area contributed by atoms with Crippen molar-refractivity contribution < 1.29 is 4.43 Å². The first-order valence-electron chi connectivity index (χ1n) is 14.3. The summed E-state index contributed by atoms with van der Waals surface area (Å²) in [7, 11) is -1.72. The van der Waals surface area contributed by atoms with Crippen LogP contribution in [0.1, 0.15) is 91.7 Å². The maximum absolute atomic E-state index is 6.91. The monoisotopic (exact) mass is 492 g/mol. The highest BCUT2D eigenvalue weighted by Crippen LogP contribution is 2.64. The van der Waals surface area contributed by atoms with Crippen LogP contribution in [-0.4, -0.2) is 25.1 Å². The van der Waals surface area contributed by atoms with Crippen LogP contribution in [0.4, 0.5) is 0 Å². The Hall–Kier alpha value is -1.26. The number of allylic oxidation sites excluding steroid dienone is 1. The minimum Gasteiger partial charge on any atom is -0.414 e. The van der Waals surface area contributed by atoms with Crippen LogP contribution in [0, 0.1) is 28.6 Å². The summed E-state index contributed by atoms with van der Waals surface area (Å²) in [6, 6.07) is 6.17. The van der Waals surface area contributed by atoms with Crippen molar-refractivity contribution in [1.29, 1.82) is 0 Å². The first kappa shape index (κ1) is 25.4. The topological polar surface area (TPSA) is 34.5 Å². The molecule has 0 N–H and O–H groups in total. The Labute approximate surface area is 215 Å². The molecule has 0 spiro atoms. The second-order valence-electron chi connectivity index (χ2n) is 14.1. The van der Waals surface area contributed by atoms with E-state index in [9.17, 15) is 0 Å². The maximum atomic E-state index is 6.91. The van der Waals surface area contributed by atoms with Gasteiger partial charge >= 0.3 is 0 Å². The van der Waals surface area contributed by atoms with Crippen molar-refractivity contribution >= 4 is 14.0 Å². The average Bonchev–Trinajstić information content (AvgIpc) is 3.14. The Balaban J connectivity index is 1.32. The summed E-state index contributed by atoms with van der Waals surface area (Å²) in [6.45, 7) is 17.8. The standard InChI is InChI=1S/C31H48N2OSi/c1-29(2,3)35(6,7)34-24-15-17-30(4)22(20-24)11-12-25-26-13-14-28(31(26,5)18-16-27(25)30)33-21-23-10-8-9-19-32-23/h8-11,19,24-27H,12-18,20-21H2,1-7H3/t24-,25-,26-,27-,30-,31-/m0/s1. The molecule has 0 bridgehead atoms. The molecule has 1 heterocycles. The van der Waals surface area contributed by atoms with Crippen LogP contribution >= 0.6 is 0 Å². The van der Waals surface area contributed by atoms with E-state index >= 15 is 0 Å². The molecule has 4 aliphatic carbocycles. The molecule has 35 heavy (non-hydrogen) atoms. The molecule has 3 fully saturated rings. The van der Waals surface area contributed by atoms with Crippen LogP contribution in [0.2, 0.25) is 18.1 Å². The van der Waals surface area contributed by atoms with Gasteiger partial charge in [0, 0.05) is 23.4 Å². The number of aromatic nitrogens is 1. The van der Waals surface area contributed by atoms with Crippen LogP contribution in [0.15, 0.2) is 41.0 Å². The van der Waals surface area contributed by atoms with E-state index < -0.39 is 8.32 Å². The summed E-state index contributed by atoms with van der Waals surface area (Å²) in [5, 5.41) is 0.284. The molecule has 0 amide bonds. The summed E-state index contributed by atoms with van der Waals surface area (Å²) in [4.78, 5) is 9.68. The molecule has 0 aromatic carbocycles. The zero-order chi connectivity index (χ0) is 25.1. The van der Waals surface area contributed by atoms with Gasteiger partial charge in [0.2, 0.25) is 0 Å². The fourth-order valence-electron chi connectivity index (χ4n) is 8.04. The van der Waals surface area contributed by atoms with Crippen molar-refractivity contribution in [3.8, 4) is 0 Å². The quantitative estimate of drug-likeness (QED) is 0.312. The van der Waals surface area contributed by atoms with Gasteiger partial charge in [0.15, 0.2) is 8.32 Å². The number of aliphatic imine (C=N–C) groups is 1. The van der Waals surface area contributed by atoms with E-state index in [2.05, 4.69) is 70.9 Å². The molecule has 4 aliphatic rings. The molecule has 6 atom stereocenters.